The number of rotatable bonds is 6. The molecule has 0 saturated carbocycles. The van der Waals surface area contributed by atoms with E-state index in [0.29, 0.717) is 11.9 Å². The summed E-state index contributed by atoms with van der Waals surface area (Å²) in [6, 6.07) is 3.51. The minimum absolute atomic E-state index is 0.0149. The molecule has 1 aromatic rings. The highest BCUT2D eigenvalue weighted by atomic mass is 32.2. The van der Waals surface area contributed by atoms with E-state index in [2.05, 4.69) is 13.2 Å². The predicted molar refractivity (Wildman–Crippen MR) is 66.5 cm³/mol. The largest absolute Gasteiger partial charge is 0.475 e. The molecule has 1 aromatic heterocycles. The van der Waals surface area contributed by atoms with Crippen molar-refractivity contribution in [1.82, 2.24) is 0 Å². The monoisotopic (exact) mass is 243 g/mol. The number of carbonyl (C=O) groups is 1. The number of furan rings is 1. The number of hydrogen-bond donors (Lipinski definition) is 1. The number of anilines is 1. The van der Waals surface area contributed by atoms with Crippen LogP contribution in [0.3, 0.4) is 0 Å². The summed E-state index contributed by atoms with van der Waals surface area (Å²) in [7, 11) is 1.91. The van der Waals surface area contributed by atoms with Crippen molar-refractivity contribution >= 4 is 23.6 Å². The smallest absolute Gasteiger partial charge is 0.371 e. The zero-order valence-corrected chi connectivity index (χ0v) is 10.6. The maximum absolute atomic E-state index is 10.7. The zero-order chi connectivity index (χ0) is 12.1. The van der Waals surface area contributed by atoms with Crippen molar-refractivity contribution < 1.29 is 14.3 Å². The van der Waals surface area contributed by atoms with E-state index in [0.717, 1.165) is 12.2 Å². The molecule has 0 fully saturated rings. The van der Waals surface area contributed by atoms with Crippen LogP contribution in [0.2, 0.25) is 0 Å². The molecule has 4 nitrogen and oxygen atoms in total. The van der Waals surface area contributed by atoms with Crippen molar-refractivity contribution in [2.45, 2.75) is 19.4 Å². The van der Waals surface area contributed by atoms with Crippen molar-refractivity contribution in [1.29, 1.82) is 0 Å². The molecule has 0 spiro atoms. The average molecular weight is 243 g/mol. The van der Waals surface area contributed by atoms with Gasteiger partial charge in [0.25, 0.3) is 0 Å². The lowest BCUT2D eigenvalue weighted by atomic mass is 10.2. The Bertz CT molecular complexity index is 351. The van der Waals surface area contributed by atoms with Gasteiger partial charge in [0, 0.05) is 19.2 Å². The first kappa shape index (κ1) is 13.0. The third-order valence-corrected chi connectivity index (χ3v) is 3.20. The van der Waals surface area contributed by atoms with Crippen LogP contribution in [0.25, 0.3) is 0 Å². The highest BCUT2D eigenvalue weighted by Gasteiger charge is 2.15. The SMILES string of the molecule is CSCCC(C)N(C)c1ccc(C(=O)O)o1. The molecular formula is C11H17NO3S. The molecule has 1 heterocycles. The third kappa shape index (κ3) is 3.20. The van der Waals surface area contributed by atoms with Gasteiger partial charge in [-0.15, -0.1) is 0 Å². The first-order valence-electron chi connectivity index (χ1n) is 5.11. The lowest BCUT2D eigenvalue weighted by Crippen LogP contribution is -2.28. The van der Waals surface area contributed by atoms with Gasteiger partial charge >= 0.3 is 5.97 Å². The van der Waals surface area contributed by atoms with Crippen LogP contribution < -0.4 is 4.90 Å². The quantitative estimate of drug-likeness (QED) is 0.832. The molecule has 0 bridgehead atoms. The van der Waals surface area contributed by atoms with Crippen molar-refractivity contribution in [3.63, 3.8) is 0 Å². The Morgan fingerprint density at radius 1 is 1.62 bits per heavy atom. The maximum Gasteiger partial charge on any atom is 0.371 e. The Morgan fingerprint density at radius 2 is 2.31 bits per heavy atom. The van der Waals surface area contributed by atoms with Crippen LogP contribution in [0.1, 0.15) is 23.9 Å². The fraction of sp³-hybridized carbons (Fsp3) is 0.545. The molecule has 1 atom stereocenters. The molecule has 5 heteroatoms. The second-order valence-electron chi connectivity index (χ2n) is 3.68. The van der Waals surface area contributed by atoms with Crippen molar-refractivity contribution in [2.75, 3.05) is 24.0 Å². The highest BCUT2D eigenvalue weighted by molar-refractivity contribution is 7.98. The summed E-state index contributed by atoms with van der Waals surface area (Å²) in [5.74, 6) is 0.638. The molecule has 0 amide bonds. The van der Waals surface area contributed by atoms with Gasteiger partial charge in [0.05, 0.1) is 0 Å². The molecule has 0 aliphatic carbocycles. The van der Waals surface area contributed by atoms with Crippen molar-refractivity contribution in [3.8, 4) is 0 Å². The summed E-state index contributed by atoms with van der Waals surface area (Å²) in [4.78, 5) is 12.6. The van der Waals surface area contributed by atoms with Crippen molar-refractivity contribution in [2.24, 2.45) is 0 Å². The summed E-state index contributed by atoms with van der Waals surface area (Å²) < 4.78 is 5.23. The van der Waals surface area contributed by atoms with E-state index in [1.807, 2.05) is 11.9 Å². The highest BCUT2D eigenvalue weighted by Crippen LogP contribution is 2.20. The van der Waals surface area contributed by atoms with Gasteiger partial charge in [-0.1, -0.05) is 0 Å². The van der Waals surface area contributed by atoms with Gasteiger partial charge in [0.15, 0.2) is 5.88 Å². The summed E-state index contributed by atoms with van der Waals surface area (Å²) in [6.45, 7) is 2.10. The average Bonchev–Trinajstić information content (AvgIpc) is 2.74. The van der Waals surface area contributed by atoms with Crippen LogP contribution in [0, 0.1) is 0 Å². The van der Waals surface area contributed by atoms with Gasteiger partial charge < -0.3 is 14.4 Å². The topological polar surface area (TPSA) is 53.7 Å². The summed E-state index contributed by atoms with van der Waals surface area (Å²) in [6.07, 6.45) is 3.11. The van der Waals surface area contributed by atoms with E-state index in [4.69, 9.17) is 9.52 Å². The zero-order valence-electron chi connectivity index (χ0n) is 9.77. The minimum Gasteiger partial charge on any atom is -0.475 e. The fourth-order valence-corrected chi connectivity index (χ4v) is 1.91. The molecule has 0 aliphatic rings. The number of hydrogen-bond acceptors (Lipinski definition) is 4. The second kappa shape index (κ2) is 5.84. The van der Waals surface area contributed by atoms with Crippen LogP contribution in [-0.2, 0) is 0 Å². The minimum atomic E-state index is -1.03. The molecule has 0 aliphatic heterocycles. The predicted octanol–water partition coefficient (Wildman–Crippen LogP) is 2.56. The molecule has 90 valence electrons. The molecular weight excluding hydrogens is 226 g/mol. The number of thioether (sulfide) groups is 1. The van der Waals surface area contributed by atoms with Crippen LogP contribution in [-0.4, -0.2) is 36.2 Å². The standard InChI is InChI=1S/C11H17NO3S/c1-8(6-7-16-3)12(2)10-5-4-9(15-10)11(13)14/h4-5,8H,6-7H2,1-3H3,(H,13,14). The molecule has 1 rings (SSSR count). The first-order chi connectivity index (χ1) is 7.56. The first-order valence-corrected chi connectivity index (χ1v) is 6.50. The number of aromatic carboxylic acids is 1. The van der Waals surface area contributed by atoms with Crippen LogP contribution >= 0.6 is 11.8 Å². The molecule has 0 radical (unpaired) electrons. The van der Waals surface area contributed by atoms with E-state index < -0.39 is 5.97 Å². The van der Waals surface area contributed by atoms with Gasteiger partial charge in [-0.25, -0.2) is 4.79 Å². The van der Waals surface area contributed by atoms with Crippen LogP contribution in [0.15, 0.2) is 16.5 Å². The van der Waals surface area contributed by atoms with Crippen molar-refractivity contribution in [3.05, 3.63) is 17.9 Å². The lowest BCUT2D eigenvalue weighted by molar-refractivity contribution is 0.0663. The molecule has 0 aromatic carbocycles. The number of nitrogens with zero attached hydrogens (tertiary/aromatic N) is 1. The molecule has 0 saturated heterocycles. The second-order valence-corrected chi connectivity index (χ2v) is 4.67. The third-order valence-electron chi connectivity index (χ3n) is 2.55. The maximum atomic E-state index is 10.7. The van der Waals surface area contributed by atoms with E-state index in [1.165, 1.54) is 6.07 Å². The summed E-state index contributed by atoms with van der Waals surface area (Å²) in [5.41, 5.74) is 0. The van der Waals surface area contributed by atoms with Gasteiger partial charge in [-0.05, 0) is 31.4 Å². The van der Waals surface area contributed by atoms with Gasteiger partial charge in [-0.3, -0.25) is 0 Å². The van der Waals surface area contributed by atoms with Crippen LogP contribution in [0.4, 0.5) is 5.88 Å². The Morgan fingerprint density at radius 3 is 2.81 bits per heavy atom. The van der Waals surface area contributed by atoms with Crippen LogP contribution in [0.5, 0.6) is 0 Å². The van der Waals surface area contributed by atoms with E-state index in [1.54, 1.807) is 17.8 Å². The normalized spacial score (nSPS) is 12.4. The number of carboxylic acid groups (broad SMARTS) is 1. The van der Waals surface area contributed by atoms with Gasteiger partial charge in [0.2, 0.25) is 5.76 Å². The number of carboxylic acids is 1. The van der Waals surface area contributed by atoms with Gasteiger partial charge in [0.1, 0.15) is 0 Å². The molecule has 16 heavy (non-hydrogen) atoms. The van der Waals surface area contributed by atoms with Gasteiger partial charge in [-0.2, -0.15) is 11.8 Å². The summed E-state index contributed by atoms with van der Waals surface area (Å²) in [5, 5.41) is 8.74. The molecule has 1 N–H and O–H groups in total. The Labute approximate surface area is 99.6 Å². The Hall–Kier alpha value is -1.10. The van der Waals surface area contributed by atoms with E-state index >= 15 is 0 Å². The Balaban J connectivity index is 2.64. The van der Waals surface area contributed by atoms with E-state index in [9.17, 15) is 4.79 Å². The Kier molecular flexibility index (Phi) is 4.73. The summed E-state index contributed by atoms with van der Waals surface area (Å²) >= 11 is 1.80. The lowest BCUT2D eigenvalue weighted by Gasteiger charge is -2.23. The fourth-order valence-electron chi connectivity index (χ4n) is 1.33. The molecule has 1 unspecified atom stereocenters. The van der Waals surface area contributed by atoms with E-state index in [-0.39, 0.29) is 5.76 Å².